The Morgan fingerprint density at radius 2 is 2.36 bits per heavy atom. The lowest BCUT2D eigenvalue weighted by atomic mass is 10.5. The van der Waals surface area contributed by atoms with Crippen LogP contribution in [0.15, 0.2) is 4.99 Å². The van der Waals surface area contributed by atoms with Crippen molar-refractivity contribution >= 4 is 34.8 Å². The van der Waals surface area contributed by atoms with E-state index >= 15 is 0 Å². The summed E-state index contributed by atoms with van der Waals surface area (Å²) >= 11 is 0.0338. The second-order valence-electron chi connectivity index (χ2n) is 2.39. The highest BCUT2D eigenvalue weighted by molar-refractivity contribution is 14.2. The number of hydrogen-bond donors (Lipinski definition) is 0. The summed E-state index contributed by atoms with van der Waals surface area (Å²) in [5.74, 6) is 2.04. The summed E-state index contributed by atoms with van der Waals surface area (Å²) < 4.78 is 6.24. The van der Waals surface area contributed by atoms with Crippen molar-refractivity contribution in [1.82, 2.24) is 9.55 Å². The lowest BCUT2D eigenvalue weighted by Crippen LogP contribution is -1.90. The van der Waals surface area contributed by atoms with Gasteiger partial charge < -0.3 is 4.57 Å². The van der Waals surface area contributed by atoms with Crippen LogP contribution in [0, 0.1) is 6.92 Å². The Balaban J connectivity index is 2.71. The molecule has 0 saturated carbocycles. The number of halogens is 1. The molecule has 2 heterocycles. The Kier molecular flexibility index (Phi) is 1.63. The van der Waals surface area contributed by atoms with Gasteiger partial charge in [0.05, 0.1) is 4.22 Å². The molecule has 0 aromatic carbocycles. The van der Waals surface area contributed by atoms with Crippen molar-refractivity contribution in [3.8, 4) is 0 Å². The molecule has 1 aliphatic rings. The van der Waals surface area contributed by atoms with Gasteiger partial charge in [-0.25, -0.2) is 9.98 Å². The van der Waals surface area contributed by atoms with E-state index in [0.29, 0.717) is 0 Å². The zero-order valence-electron chi connectivity index (χ0n) is 6.37. The molecule has 0 fully saturated rings. The second-order valence-corrected chi connectivity index (χ2v) is 4.29. The summed E-state index contributed by atoms with van der Waals surface area (Å²) in [6, 6.07) is 0. The third kappa shape index (κ3) is 1.05. The average Bonchev–Trinajstić information content (AvgIpc) is 2.30. The molecular weight excluding hydrogens is 253 g/mol. The number of nitrogens with zero attached hydrogens (tertiary/aromatic N) is 3. The number of rotatable bonds is 0. The van der Waals surface area contributed by atoms with Crippen LogP contribution in [0.5, 0.6) is 0 Å². The molecule has 1 aliphatic heterocycles. The molecule has 3 nitrogen and oxygen atoms in total. The zero-order valence-corrected chi connectivity index (χ0v) is 8.53. The molecule has 1 aromatic rings. The third-order valence-corrected chi connectivity index (χ3v) is 3.26. The van der Waals surface area contributed by atoms with E-state index in [1.807, 2.05) is 22.8 Å². The van der Waals surface area contributed by atoms with E-state index in [9.17, 15) is 0 Å². The molecule has 58 valence electrons. The normalized spacial score (nSPS) is 14.4. The lowest BCUT2D eigenvalue weighted by molar-refractivity contribution is 0.859. The highest BCUT2D eigenvalue weighted by Crippen LogP contribution is 2.22. The van der Waals surface area contributed by atoms with Crippen molar-refractivity contribution < 1.29 is 0 Å². The maximum atomic E-state index is 4.37. The topological polar surface area (TPSA) is 30.2 Å². The molecule has 0 bridgehead atoms. The van der Waals surface area contributed by atoms with E-state index in [1.165, 1.54) is 0 Å². The SMILES string of the molecule is Cc1nc2c(n1C)N=CI=C2. The van der Waals surface area contributed by atoms with Crippen LogP contribution in [0.2, 0.25) is 0 Å². The van der Waals surface area contributed by atoms with E-state index in [2.05, 4.69) is 14.0 Å². The Labute approximate surface area is 74.9 Å². The maximum Gasteiger partial charge on any atom is 0.160 e. The predicted molar refractivity (Wildman–Crippen MR) is 55.3 cm³/mol. The highest BCUT2D eigenvalue weighted by atomic mass is 127. The van der Waals surface area contributed by atoms with Gasteiger partial charge in [-0.1, -0.05) is 20.7 Å². The van der Waals surface area contributed by atoms with Gasteiger partial charge in [0.15, 0.2) is 5.82 Å². The van der Waals surface area contributed by atoms with Crippen molar-refractivity contribution in [2.75, 3.05) is 0 Å². The third-order valence-electron chi connectivity index (χ3n) is 1.71. The molecule has 1 aromatic heterocycles. The fraction of sp³-hybridized carbons (Fsp3) is 0.286. The van der Waals surface area contributed by atoms with E-state index in [0.717, 1.165) is 17.3 Å². The minimum absolute atomic E-state index is 0.0338. The quantitative estimate of drug-likeness (QED) is 0.651. The zero-order chi connectivity index (χ0) is 7.84. The fourth-order valence-electron chi connectivity index (χ4n) is 1.01. The molecule has 0 radical (unpaired) electrons. The number of aryl methyl sites for hydroxylation is 1. The summed E-state index contributed by atoms with van der Waals surface area (Å²) in [6.07, 6.45) is 0. The van der Waals surface area contributed by atoms with Crippen LogP contribution in [0.3, 0.4) is 0 Å². The summed E-state index contributed by atoms with van der Waals surface area (Å²) in [4.78, 5) is 8.68. The largest absolute Gasteiger partial charge is 0.316 e. The number of aromatic nitrogens is 2. The van der Waals surface area contributed by atoms with E-state index in [-0.39, 0.29) is 20.7 Å². The van der Waals surface area contributed by atoms with Gasteiger partial charge in [-0.2, -0.15) is 0 Å². The summed E-state index contributed by atoms with van der Waals surface area (Å²) in [5, 5.41) is 0. The standard InChI is InChI=1S/C7H8IN3/c1-5-10-6-3-8-4-9-7(6)11(5)2/h3-4H,1-2H3. The van der Waals surface area contributed by atoms with Crippen molar-refractivity contribution in [3.05, 3.63) is 11.5 Å². The molecule has 0 unspecified atom stereocenters. The number of imidazole rings is 1. The Morgan fingerprint density at radius 3 is 3.09 bits per heavy atom. The van der Waals surface area contributed by atoms with Crippen LogP contribution in [0.4, 0.5) is 5.82 Å². The smallest absolute Gasteiger partial charge is 0.160 e. The first kappa shape index (κ1) is 7.15. The van der Waals surface area contributed by atoms with Crippen LogP contribution in [0.25, 0.3) is 0 Å². The highest BCUT2D eigenvalue weighted by Gasteiger charge is 2.09. The minimum Gasteiger partial charge on any atom is -0.316 e. The molecule has 0 amide bonds. The van der Waals surface area contributed by atoms with Gasteiger partial charge in [-0.15, -0.1) is 0 Å². The van der Waals surface area contributed by atoms with Gasteiger partial charge in [0.25, 0.3) is 0 Å². The van der Waals surface area contributed by atoms with Crippen LogP contribution >= 0.6 is 20.7 Å². The van der Waals surface area contributed by atoms with Crippen LogP contribution in [0.1, 0.15) is 11.5 Å². The van der Waals surface area contributed by atoms with Crippen LogP contribution in [-0.2, 0) is 7.05 Å². The Bertz CT molecular complexity index is 349. The van der Waals surface area contributed by atoms with Crippen LogP contribution < -0.4 is 0 Å². The molecule has 0 saturated heterocycles. The first-order valence-corrected chi connectivity index (χ1v) is 5.79. The molecule has 0 aliphatic carbocycles. The van der Waals surface area contributed by atoms with Gasteiger partial charge in [0.1, 0.15) is 11.5 Å². The average molecular weight is 261 g/mol. The molecule has 0 atom stereocenters. The maximum absolute atomic E-state index is 4.37. The van der Waals surface area contributed by atoms with E-state index in [1.54, 1.807) is 0 Å². The Morgan fingerprint density at radius 1 is 1.55 bits per heavy atom. The number of fused-ring (bicyclic) bond motifs is 1. The van der Waals surface area contributed by atoms with Gasteiger partial charge in [-0.05, 0) is 6.92 Å². The molecule has 4 heteroatoms. The molecule has 2 rings (SSSR count). The van der Waals surface area contributed by atoms with Gasteiger partial charge in [0, 0.05) is 11.1 Å². The van der Waals surface area contributed by atoms with Gasteiger partial charge in [0.2, 0.25) is 0 Å². The first-order valence-electron chi connectivity index (χ1n) is 3.30. The molecule has 0 N–H and O–H groups in total. The fourth-order valence-corrected chi connectivity index (χ4v) is 2.36. The predicted octanol–water partition coefficient (Wildman–Crippen LogP) is 1.52. The van der Waals surface area contributed by atoms with Crippen molar-refractivity contribution in [2.24, 2.45) is 12.0 Å². The van der Waals surface area contributed by atoms with Gasteiger partial charge in [-0.3, -0.25) is 0 Å². The minimum atomic E-state index is 0.0338. The summed E-state index contributed by atoms with van der Waals surface area (Å²) in [7, 11) is 2.00. The lowest BCUT2D eigenvalue weighted by Gasteiger charge is -1.98. The summed E-state index contributed by atoms with van der Waals surface area (Å²) in [6.45, 7) is 2.00. The second kappa shape index (κ2) is 2.51. The van der Waals surface area contributed by atoms with Crippen molar-refractivity contribution in [1.29, 1.82) is 0 Å². The number of aliphatic imine (C=N–C) groups is 1. The first-order chi connectivity index (χ1) is 5.29. The van der Waals surface area contributed by atoms with Crippen LogP contribution in [-0.4, -0.2) is 17.8 Å². The molecule has 11 heavy (non-hydrogen) atoms. The van der Waals surface area contributed by atoms with Gasteiger partial charge >= 0.3 is 0 Å². The molecular formula is C7H8IN3. The monoisotopic (exact) mass is 261 g/mol. The summed E-state index contributed by atoms with van der Waals surface area (Å²) in [5.41, 5.74) is 1.07. The van der Waals surface area contributed by atoms with Crippen molar-refractivity contribution in [3.63, 3.8) is 0 Å². The molecule has 0 spiro atoms. The number of hydrogen-bond acceptors (Lipinski definition) is 2. The Hall–Kier alpha value is -0.520. The van der Waals surface area contributed by atoms with Crippen molar-refractivity contribution in [2.45, 2.75) is 6.92 Å². The van der Waals surface area contributed by atoms with E-state index < -0.39 is 0 Å². The van der Waals surface area contributed by atoms with E-state index in [4.69, 9.17) is 0 Å².